The average Bonchev–Trinajstić information content (AvgIpc) is 2.81. The lowest BCUT2D eigenvalue weighted by Gasteiger charge is -2.07. The first-order valence-corrected chi connectivity index (χ1v) is 7.68. The Morgan fingerprint density at radius 1 is 1.27 bits per heavy atom. The maximum Gasteiger partial charge on any atom is 0.348 e. The molecule has 0 radical (unpaired) electrons. The second-order valence-electron chi connectivity index (χ2n) is 4.60. The third-order valence-corrected chi connectivity index (χ3v) is 4.22. The summed E-state index contributed by atoms with van der Waals surface area (Å²) in [5.74, 6) is 0.611. The Bertz CT molecular complexity index is 726. The summed E-state index contributed by atoms with van der Waals surface area (Å²) in [7, 11) is 1.57. The molecule has 2 N–H and O–H groups in total. The standard InChI is InChI=1S/C14H18N4O3S/c1-5-21-14(20)11-7(2)10-12(16-6-9(19)15-4)17-8(3)18-13(10)22-11/h5-6H2,1-4H3,(H,15,19)(H,16,17,18). The molecule has 0 spiro atoms. The van der Waals surface area contributed by atoms with E-state index in [9.17, 15) is 9.59 Å². The number of amides is 1. The van der Waals surface area contributed by atoms with Gasteiger partial charge in [-0.2, -0.15) is 0 Å². The van der Waals surface area contributed by atoms with Crippen LogP contribution in [0.5, 0.6) is 0 Å². The zero-order valence-corrected chi connectivity index (χ0v) is 13.8. The number of thiophene rings is 1. The van der Waals surface area contributed by atoms with Gasteiger partial charge in [0, 0.05) is 7.05 Å². The number of rotatable bonds is 5. The second-order valence-corrected chi connectivity index (χ2v) is 5.60. The lowest BCUT2D eigenvalue weighted by molar-refractivity contribution is -0.118. The Morgan fingerprint density at radius 3 is 2.64 bits per heavy atom. The molecular weight excluding hydrogens is 304 g/mol. The minimum Gasteiger partial charge on any atom is -0.462 e. The summed E-state index contributed by atoms with van der Waals surface area (Å²) in [6.07, 6.45) is 0. The molecule has 2 rings (SSSR count). The number of aromatic nitrogens is 2. The Kier molecular flexibility index (Phi) is 4.92. The topological polar surface area (TPSA) is 93.2 Å². The van der Waals surface area contributed by atoms with E-state index in [2.05, 4.69) is 20.6 Å². The molecule has 0 unspecified atom stereocenters. The van der Waals surface area contributed by atoms with E-state index >= 15 is 0 Å². The molecule has 0 aliphatic rings. The quantitative estimate of drug-likeness (QED) is 0.813. The maximum absolute atomic E-state index is 12.0. The summed E-state index contributed by atoms with van der Waals surface area (Å²) in [6.45, 7) is 5.78. The Balaban J connectivity index is 2.47. The van der Waals surface area contributed by atoms with Crippen LogP contribution >= 0.6 is 11.3 Å². The number of likely N-dealkylation sites (N-methyl/N-ethyl adjacent to an activating group) is 1. The average molecular weight is 322 g/mol. The van der Waals surface area contributed by atoms with Gasteiger partial charge in [0.05, 0.1) is 18.5 Å². The molecule has 2 heterocycles. The highest BCUT2D eigenvalue weighted by atomic mass is 32.1. The third-order valence-electron chi connectivity index (χ3n) is 3.06. The van der Waals surface area contributed by atoms with E-state index in [1.54, 1.807) is 20.9 Å². The Hall–Kier alpha value is -2.22. The molecule has 0 aliphatic heterocycles. The smallest absolute Gasteiger partial charge is 0.348 e. The number of aryl methyl sites for hydroxylation is 2. The summed E-state index contributed by atoms with van der Waals surface area (Å²) in [4.78, 5) is 33.3. The molecule has 0 saturated heterocycles. The molecule has 118 valence electrons. The van der Waals surface area contributed by atoms with Gasteiger partial charge in [-0.1, -0.05) is 0 Å². The van der Waals surface area contributed by atoms with E-state index in [1.165, 1.54) is 11.3 Å². The van der Waals surface area contributed by atoms with Gasteiger partial charge in [0.1, 0.15) is 21.3 Å². The van der Waals surface area contributed by atoms with Crippen LogP contribution in [0.4, 0.5) is 5.82 Å². The Labute approximate surface area is 132 Å². The molecule has 22 heavy (non-hydrogen) atoms. The number of esters is 1. The second kappa shape index (κ2) is 6.69. The van der Waals surface area contributed by atoms with Crippen LogP contribution in [0.1, 0.15) is 28.0 Å². The molecule has 0 atom stereocenters. The molecule has 0 bridgehead atoms. The van der Waals surface area contributed by atoms with Crippen molar-refractivity contribution in [1.29, 1.82) is 0 Å². The van der Waals surface area contributed by atoms with E-state index in [1.807, 2.05) is 6.92 Å². The van der Waals surface area contributed by atoms with Gasteiger partial charge in [-0.05, 0) is 26.3 Å². The SMILES string of the molecule is CCOC(=O)c1sc2nc(C)nc(NCC(=O)NC)c2c1C. The van der Waals surface area contributed by atoms with Crippen molar-refractivity contribution in [3.63, 3.8) is 0 Å². The molecule has 0 fully saturated rings. The van der Waals surface area contributed by atoms with E-state index in [-0.39, 0.29) is 18.4 Å². The van der Waals surface area contributed by atoms with Crippen LogP contribution in [-0.2, 0) is 9.53 Å². The van der Waals surface area contributed by atoms with Crippen LogP contribution in [0.25, 0.3) is 10.2 Å². The molecule has 2 aromatic rings. The Morgan fingerprint density at radius 2 is 2.00 bits per heavy atom. The molecule has 0 aromatic carbocycles. The fraction of sp³-hybridized carbons (Fsp3) is 0.429. The summed E-state index contributed by atoms with van der Waals surface area (Å²) in [5, 5.41) is 6.28. The number of nitrogens with zero attached hydrogens (tertiary/aromatic N) is 2. The van der Waals surface area contributed by atoms with Crippen molar-refractivity contribution in [2.45, 2.75) is 20.8 Å². The highest BCUT2D eigenvalue weighted by Gasteiger charge is 2.21. The van der Waals surface area contributed by atoms with Crippen molar-refractivity contribution < 1.29 is 14.3 Å². The first-order valence-electron chi connectivity index (χ1n) is 6.87. The molecular formula is C14H18N4O3S. The molecule has 8 heteroatoms. The van der Waals surface area contributed by atoms with Gasteiger partial charge in [0.25, 0.3) is 0 Å². The number of anilines is 1. The highest BCUT2D eigenvalue weighted by Crippen LogP contribution is 2.34. The normalized spacial score (nSPS) is 10.5. The number of fused-ring (bicyclic) bond motifs is 1. The molecule has 1 amide bonds. The number of nitrogens with one attached hydrogen (secondary N) is 2. The summed E-state index contributed by atoms with van der Waals surface area (Å²) >= 11 is 1.27. The van der Waals surface area contributed by atoms with Gasteiger partial charge < -0.3 is 15.4 Å². The van der Waals surface area contributed by atoms with Crippen molar-refractivity contribution in [2.24, 2.45) is 0 Å². The van der Waals surface area contributed by atoms with E-state index in [0.717, 1.165) is 10.9 Å². The van der Waals surface area contributed by atoms with Crippen LogP contribution in [-0.4, -0.2) is 42.0 Å². The number of ether oxygens (including phenoxy) is 1. The third kappa shape index (κ3) is 3.16. The van der Waals surface area contributed by atoms with E-state index in [0.29, 0.717) is 28.0 Å². The first kappa shape index (κ1) is 16.2. The molecule has 0 saturated carbocycles. The van der Waals surface area contributed by atoms with E-state index in [4.69, 9.17) is 4.74 Å². The van der Waals surface area contributed by atoms with Crippen LogP contribution in [0, 0.1) is 13.8 Å². The summed E-state index contributed by atoms with van der Waals surface area (Å²) in [6, 6.07) is 0. The molecule has 7 nitrogen and oxygen atoms in total. The minimum atomic E-state index is -0.363. The van der Waals surface area contributed by atoms with Crippen LogP contribution < -0.4 is 10.6 Å². The number of hydrogen-bond acceptors (Lipinski definition) is 7. The molecule has 2 aromatic heterocycles. The van der Waals surface area contributed by atoms with Crippen LogP contribution in [0.2, 0.25) is 0 Å². The van der Waals surface area contributed by atoms with Crippen LogP contribution in [0.3, 0.4) is 0 Å². The maximum atomic E-state index is 12.0. The summed E-state index contributed by atoms with van der Waals surface area (Å²) < 4.78 is 5.06. The van der Waals surface area contributed by atoms with Gasteiger partial charge in [-0.25, -0.2) is 14.8 Å². The summed E-state index contributed by atoms with van der Waals surface area (Å²) in [5.41, 5.74) is 0.762. The fourth-order valence-corrected chi connectivity index (χ4v) is 3.14. The van der Waals surface area contributed by atoms with Crippen molar-refractivity contribution in [2.75, 3.05) is 25.5 Å². The van der Waals surface area contributed by atoms with Gasteiger partial charge in [0.15, 0.2) is 0 Å². The predicted octanol–water partition coefficient (Wildman–Crippen LogP) is 1.64. The minimum absolute atomic E-state index is 0.103. The number of carbonyl (C=O) groups excluding carboxylic acids is 2. The van der Waals surface area contributed by atoms with Crippen molar-refractivity contribution in [3.05, 3.63) is 16.3 Å². The number of hydrogen-bond donors (Lipinski definition) is 2. The lowest BCUT2D eigenvalue weighted by Crippen LogP contribution is -2.26. The lowest BCUT2D eigenvalue weighted by atomic mass is 10.2. The van der Waals surface area contributed by atoms with Gasteiger partial charge in [0.2, 0.25) is 5.91 Å². The monoisotopic (exact) mass is 322 g/mol. The molecule has 0 aliphatic carbocycles. The fourth-order valence-electron chi connectivity index (χ4n) is 2.02. The van der Waals surface area contributed by atoms with Crippen molar-refractivity contribution in [1.82, 2.24) is 15.3 Å². The zero-order chi connectivity index (χ0) is 16.3. The van der Waals surface area contributed by atoms with Crippen LogP contribution in [0.15, 0.2) is 0 Å². The van der Waals surface area contributed by atoms with E-state index < -0.39 is 0 Å². The predicted molar refractivity (Wildman–Crippen MR) is 85.4 cm³/mol. The highest BCUT2D eigenvalue weighted by molar-refractivity contribution is 7.20. The largest absolute Gasteiger partial charge is 0.462 e. The van der Waals surface area contributed by atoms with Crippen molar-refractivity contribution in [3.8, 4) is 0 Å². The van der Waals surface area contributed by atoms with Gasteiger partial charge in [-0.15, -0.1) is 11.3 Å². The van der Waals surface area contributed by atoms with Gasteiger partial charge >= 0.3 is 5.97 Å². The number of carbonyl (C=O) groups is 2. The van der Waals surface area contributed by atoms with Gasteiger partial charge in [-0.3, -0.25) is 4.79 Å². The first-order chi connectivity index (χ1) is 10.5. The zero-order valence-electron chi connectivity index (χ0n) is 12.9. The van der Waals surface area contributed by atoms with Crippen molar-refractivity contribution >= 4 is 39.2 Å².